The van der Waals surface area contributed by atoms with Crippen molar-refractivity contribution in [3.63, 3.8) is 0 Å². The smallest absolute Gasteiger partial charge is 0.161 e. The fraction of sp³-hybridized carbons (Fsp3) is 0. The van der Waals surface area contributed by atoms with Crippen LogP contribution in [0, 0.1) is 0 Å². The van der Waals surface area contributed by atoms with Crippen LogP contribution in [0.3, 0.4) is 0 Å². The van der Waals surface area contributed by atoms with Crippen LogP contribution >= 0.6 is 0 Å². The maximum absolute atomic E-state index is 6.55. The summed E-state index contributed by atoms with van der Waals surface area (Å²) in [6.45, 7) is 0. The molecule has 0 amide bonds. The summed E-state index contributed by atoms with van der Waals surface area (Å²) >= 11 is 0. The molecular weight excluding hydrogens is 671 g/mol. The summed E-state index contributed by atoms with van der Waals surface area (Å²) in [5, 5.41) is 8.17. The van der Waals surface area contributed by atoms with E-state index in [9.17, 15) is 0 Å². The monoisotopic (exact) mass is 701 g/mol. The van der Waals surface area contributed by atoms with Gasteiger partial charge in [0, 0.05) is 33.8 Å². The molecule has 8 aromatic carbocycles. The van der Waals surface area contributed by atoms with E-state index in [0.717, 1.165) is 72.4 Å². The number of nitrogens with zero attached hydrogens (tertiary/aromatic N) is 3. The van der Waals surface area contributed by atoms with E-state index >= 15 is 0 Å². The highest BCUT2D eigenvalue weighted by molar-refractivity contribution is 6.14. The number of fused-ring (bicyclic) bond motifs is 7. The number of pyridine rings is 1. The van der Waals surface area contributed by atoms with Gasteiger partial charge in [-0.05, 0) is 104 Å². The van der Waals surface area contributed by atoms with Gasteiger partial charge in [-0.1, -0.05) is 127 Å². The minimum absolute atomic E-state index is 0.646. The van der Waals surface area contributed by atoms with Crippen molar-refractivity contribution in [3.05, 3.63) is 188 Å². The molecule has 0 unspecified atom stereocenters. The highest BCUT2D eigenvalue weighted by Gasteiger charge is 2.19. The zero-order valence-electron chi connectivity index (χ0n) is 29.6. The third kappa shape index (κ3) is 5.34. The lowest BCUT2D eigenvalue weighted by Crippen LogP contribution is -1.97. The molecule has 0 aliphatic rings. The van der Waals surface area contributed by atoms with Crippen molar-refractivity contribution < 1.29 is 4.42 Å². The van der Waals surface area contributed by atoms with Gasteiger partial charge in [-0.3, -0.25) is 4.98 Å². The van der Waals surface area contributed by atoms with Gasteiger partial charge in [-0.2, -0.15) is 0 Å². The van der Waals surface area contributed by atoms with E-state index < -0.39 is 0 Å². The van der Waals surface area contributed by atoms with Crippen molar-refractivity contribution in [3.8, 4) is 56.2 Å². The molecule has 4 nitrogen and oxygen atoms in total. The average molecular weight is 702 g/mol. The van der Waals surface area contributed by atoms with E-state index in [2.05, 4.69) is 152 Å². The summed E-state index contributed by atoms with van der Waals surface area (Å²) in [5.41, 5.74) is 11.3. The Bertz CT molecular complexity index is 3270. The van der Waals surface area contributed by atoms with Gasteiger partial charge in [0.05, 0.1) is 11.4 Å². The van der Waals surface area contributed by atoms with Crippen molar-refractivity contribution >= 4 is 54.4 Å². The van der Waals surface area contributed by atoms with Crippen LogP contribution in [-0.4, -0.2) is 15.0 Å². The second kappa shape index (κ2) is 12.6. The molecule has 0 spiro atoms. The van der Waals surface area contributed by atoms with Crippen LogP contribution in [-0.2, 0) is 0 Å². The van der Waals surface area contributed by atoms with Crippen molar-refractivity contribution in [2.45, 2.75) is 0 Å². The first kappa shape index (κ1) is 31.1. The number of aromatic nitrogens is 3. The first-order chi connectivity index (χ1) is 27.2. The summed E-state index contributed by atoms with van der Waals surface area (Å²) in [5.74, 6) is 0.646. The largest absolute Gasteiger partial charge is 0.454 e. The van der Waals surface area contributed by atoms with Crippen LogP contribution in [0.25, 0.3) is 111 Å². The zero-order chi connectivity index (χ0) is 36.3. The van der Waals surface area contributed by atoms with Gasteiger partial charge in [0.25, 0.3) is 0 Å². The van der Waals surface area contributed by atoms with Crippen LogP contribution in [0.5, 0.6) is 0 Å². The number of hydrogen-bond acceptors (Lipinski definition) is 4. The Balaban J connectivity index is 1.20. The number of hydrogen-bond donors (Lipinski definition) is 0. The predicted octanol–water partition coefficient (Wildman–Crippen LogP) is 13.6. The van der Waals surface area contributed by atoms with Crippen LogP contribution in [0.1, 0.15) is 0 Å². The van der Waals surface area contributed by atoms with Gasteiger partial charge >= 0.3 is 0 Å². The minimum Gasteiger partial charge on any atom is -0.454 e. The second-order valence-corrected chi connectivity index (χ2v) is 14.0. The normalized spacial score (nSPS) is 11.6. The molecule has 11 rings (SSSR count). The predicted molar refractivity (Wildman–Crippen MR) is 227 cm³/mol. The Morgan fingerprint density at radius 1 is 0.364 bits per heavy atom. The van der Waals surface area contributed by atoms with Crippen LogP contribution in [0.4, 0.5) is 0 Å². The molecule has 55 heavy (non-hydrogen) atoms. The van der Waals surface area contributed by atoms with Gasteiger partial charge in [-0.15, -0.1) is 0 Å². The first-order valence-electron chi connectivity index (χ1n) is 18.5. The van der Waals surface area contributed by atoms with Crippen molar-refractivity contribution in [1.29, 1.82) is 0 Å². The molecule has 4 heteroatoms. The second-order valence-electron chi connectivity index (χ2n) is 14.0. The molecular formula is C51H31N3O. The summed E-state index contributed by atoms with van der Waals surface area (Å²) < 4.78 is 6.55. The van der Waals surface area contributed by atoms with Crippen molar-refractivity contribution in [2.24, 2.45) is 0 Å². The van der Waals surface area contributed by atoms with Gasteiger partial charge < -0.3 is 4.42 Å². The standard InChI is InChI=1S/C51H31N3O/c1-2-13-33(14-3-1)46-31-47(36-23-22-32-12-4-5-15-34(32)26-36)54-51(53-46)39-28-37(41-24-25-52-49-44-20-10-11-21-48(44)55-50(41)49)27-38(29-39)45-30-35-16-6-7-17-40(35)42-18-8-9-19-43(42)45/h1-31H. The molecule has 0 saturated heterocycles. The molecule has 0 N–H and O–H groups in total. The molecule has 0 aliphatic carbocycles. The summed E-state index contributed by atoms with van der Waals surface area (Å²) in [6.07, 6.45) is 1.88. The topological polar surface area (TPSA) is 51.8 Å². The molecule has 0 aliphatic heterocycles. The number of benzene rings is 8. The van der Waals surface area contributed by atoms with E-state index in [1.54, 1.807) is 0 Å². The zero-order valence-corrected chi connectivity index (χ0v) is 29.6. The van der Waals surface area contributed by atoms with E-state index in [0.29, 0.717) is 5.82 Å². The van der Waals surface area contributed by atoms with E-state index in [-0.39, 0.29) is 0 Å². The summed E-state index contributed by atoms with van der Waals surface area (Å²) in [4.78, 5) is 15.4. The summed E-state index contributed by atoms with van der Waals surface area (Å²) in [6, 6.07) is 63.9. The summed E-state index contributed by atoms with van der Waals surface area (Å²) in [7, 11) is 0. The Hall–Kier alpha value is -7.43. The number of para-hydroxylation sites is 1. The van der Waals surface area contributed by atoms with Crippen LogP contribution in [0.2, 0.25) is 0 Å². The van der Waals surface area contributed by atoms with E-state index in [1.165, 1.54) is 32.3 Å². The highest BCUT2D eigenvalue weighted by Crippen LogP contribution is 2.41. The Kier molecular flexibility index (Phi) is 7.14. The Morgan fingerprint density at radius 2 is 1.00 bits per heavy atom. The van der Waals surface area contributed by atoms with Crippen molar-refractivity contribution in [1.82, 2.24) is 15.0 Å². The van der Waals surface area contributed by atoms with Gasteiger partial charge in [0.2, 0.25) is 0 Å². The van der Waals surface area contributed by atoms with Crippen molar-refractivity contribution in [2.75, 3.05) is 0 Å². The third-order valence-corrected chi connectivity index (χ3v) is 10.7. The quantitative estimate of drug-likeness (QED) is 0.168. The van der Waals surface area contributed by atoms with Gasteiger partial charge in [0.15, 0.2) is 11.4 Å². The fourth-order valence-electron chi connectivity index (χ4n) is 8.02. The minimum atomic E-state index is 0.646. The maximum atomic E-state index is 6.55. The molecule has 0 atom stereocenters. The molecule has 0 radical (unpaired) electrons. The number of furan rings is 1. The lowest BCUT2D eigenvalue weighted by molar-refractivity contribution is 0.669. The lowest BCUT2D eigenvalue weighted by Gasteiger charge is -2.15. The average Bonchev–Trinajstić information content (AvgIpc) is 3.65. The molecule has 3 heterocycles. The van der Waals surface area contributed by atoms with Crippen LogP contribution in [0.15, 0.2) is 193 Å². The molecule has 0 bridgehead atoms. The molecule has 11 aromatic rings. The van der Waals surface area contributed by atoms with Gasteiger partial charge in [0.1, 0.15) is 11.1 Å². The number of rotatable bonds is 5. The molecule has 3 aromatic heterocycles. The maximum Gasteiger partial charge on any atom is 0.161 e. The molecule has 0 saturated carbocycles. The van der Waals surface area contributed by atoms with E-state index in [1.807, 2.05) is 36.5 Å². The highest BCUT2D eigenvalue weighted by atomic mass is 16.3. The molecule has 0 fully saturated rings. The van der Waals surface area contributed by atoms with Gasteiger partial charge in [-0.25, -0.2) is 9.97 Å². The Morgan fingerprint density at radius 3 is 1.84 bits per heavy atom. The van der Waals surface area contributed by atoms with E-state index in [4.69, 9.17) is 19.4 Å². The SMILES string of the molecule is c1ccc(-c2cc(-c3ccc4ccccc4c3)nc(-c3cc(-c4cc5ccccc5c5ccccc45)cc(-c4ccnc5c4oc4ccccc45)c3)n2)cc1. The Labute approximate surface area is 317 Å². The first-order valence-corrected chi connectivity index (χ1v) is 18.5. The molecule has 256 valence electrons. The lowest BCUT2D eigenvalue weighted by atomic mass is 9.90. The fourth-order valence-corrected chi connectivity index (χ4v) is 8.02. The van der Waals surface area contributed by atoms with Crippen LogP contribution < -0.4 is 0 Å². The third-order valence-electron chi connectivity index (χ3n) is 10.7.